The molecule has 1 saturated heterocycles. The molecule has 1 aliphatic heterocycles. The van der Waals surface area contributed by atoms with Gasteiger partial charge in [-0.25, -0.2) is 9.37 Å². The first-order valence-corrected chi connectivity index (χ1v) is 14.9. The van der Waals surface area contributed by atoms with E-state index in [1.165, 1.54) is 6.07 Å². The molecule has 0 spiro atoms. The highest BCUT2D eigenvalue weighted by Gasteiger charge is 2.31. The lowest BCUT2D eigenvalue weighted by atomic mass is 9.91. The lowest BCUT2D eigenvalue weighted by Crippen LogP contribution is -2.42. The summed E-state index contributed by atoms with van der Waals surface area (Å²) in [6.45, 7) is 4.48. The third-order valence-corrected chi connectivity index (χ3v) is 8.56. The van der Waals surface area contributed by atoms with Crippen LogP contribution in [0.4, 0.5) is 4.39 Å². The largest absolute Gasteiger partial charge is 0.493 e. The van der Waals surface area contributed by atoms with Gasteiger partial charge in [-0.05, 0) is 67.5 Å². The van der Waals surface area contributed by atoms with Crippen molar-refractivity contribution in [3.05, 3.63) is 82.4 Å². The fourth-order valence-electron chi connectivity index (χ4n) is 6.28. The van der Waals surface area contributed by atoms with Crippen molar-refractivity contribution in [2.45, 2.75) is 57.5 Å². The highest BCUT2D eigenvalue weighted by molar-refractivity contribution is 6.35. The second kappa shape index (κ2) is 13.2. The van der Waals surface area contributed by atoms with Gasteiger partial charge in [0.2, 0.25) is 11.8 Å². The Morgan fingerprint density at radius 1 is 1.19 bits per heavy atom. The molecule has 42 heavy (non-hydrogen) atoms. The summed E-state index contributed by atoms with van der Waals surface area (Å²) in [6, 6.07) is 14.1. The molecule has 7 nitrogen and oxygen atoms in total. The molecule has 222 valence electrons. The van der Waals surface area contributed by atoms with Gasteiger partial charge in [-0.3, -0.25) is 4.79 Å². The van der Waals surface area contributed by atoms with Crippen LogP contribution < -0.4 is 5.73 Å². The number of aromatic nitrogens is 2. The van der Waals surface area contributed by atoms with Crippen LogP contribution in [0.15, 0.2) is 54.7 Å². The van der Waals surface area contributed by atoms with Gasteiger partial charge < -0.3 is 25.0 Å². The molecule has 9 heteroatoms. The van der Waals surface area contributed by atoms with E-state index in [0.717, 1.165) is 52.7 Å². The summed E-state index contributed by atoms with van der Waals surface area (Å²) in [5.74, 6) is -0.167. The smallest absolute Gasteiger partial charge is 0.224 e. The number of benzene rings is 2. The maximum absolute atomic E-state index is 15.0. The zero-order valence-corrected chi connectivity index (χ0v) is 24.9. The summed E-state index contributed by atoms with van der Waals surface area (Å²) in [4.78, 5) is 19.3. The van der Waals surface area contributed by atoms with E-state index < -0.39 is 0 Å². The summed E-state index contributed by atoms with van der Waals surface area (Å²) in [6.07, 6.45) is 5.03. The minimum atomic E-state index is -0.311. The number of aryl methyl sites for hydroxylation is 2. The molecule has 0 radical (unpaired) electrons. The van der Waals surface area contributed by atoms with Gasteiger partial charge in [0.25, 0.3) is 0 Å². The topological polar surface area (TPSA) is 93.6 Å². The number of rotatable bonds is 10. The van der Waals surface area contributed by atoms with Gasteiger partial charge in [0.15, 0.2) is 0 Å². The number of piperidine rings is 1. The van der Waals surface area contributed by atoms with E-state index >= 15 is 4.39 Å². The molecular formula is C33H38ClFN4O3. The summed E-state index contributed by atoms with van der Waals surface area (Å²) in [7, 11) is 1.67. The second-order valence-corrected chi connectivity index (χ2v) is 11.6. The standard InChI is InChI=1S/C33H38ClFN4O3/c1-21-31-28(35)12-11-27(34)33(31)39(15-4-16-42-2)32(21)25-5-3-14-38(20-25)30(41)18-26(36)17-22-6-8-23(9-7-22)24-10-13-29(40)37-19-24/h6-13,19,25-26H,3-5,14-18,20,36H2,1-2H3,(H,37,40)/t25?,26-/m1/s1. The Morgan fingerprint density at radius 3 is 2.67 bits per heavy atom. The van der Waals surface area contributed by atoms with Crippen molar-refractivity contribution in [2.75, 3.05) is 26.8 Å². The first kappa shape index (κ1) is 30.0. The van der Waals surface area contributed by atoms with E-state index in [9.17, 15) is 9.90 Å². The van der Waals surface area contributed by atoms with Gasteiger partial charge in [-0.1, -0.05) is 35.9 Å². The molecule has 1 amide bonds. The molecule has 2 aromatic carbocycles. The Hall–Kier alpha value is -3.46. The molecule has 2 aromatic heterocycles. The van der Waals surface area contributed by atoms with Crippen LogP contribution >= 0.6 is 11.6 Å². The molecule has 1 unspecified atom stereocenters. The van der Waals surface area contributed by atoms with Crippen molar-refractivity contribution >= 4 is 28.4 Å². The van der Waals surface area contributed by atoms with E-state index in [2.05, 4.69) is 9.55 Å². The van der Waals surface area contributed by atoms with Crippen molar-refractivity contribution in [3.63, 3.8) is 0 Å². The Balaban J connectivity index is 1.27. The fourth-order valence-corrected chi connectivity index (χ4v) is 6.54. The average molecular weight is 593 g/mol. The van der Waals surface area contributed by atoms with Gasteiger partial charge in [-0.15, -0.1) is 0 Å². The van der Waals surface area contributed by atoms with Crippen LogP contribution in [-0.4, -0.2) is 58.3 Å². The molecule has 1 aliphatic rings. The SMILES string of the molecule is COCCCn1c(C2CCCN(C(=O)C[C@H](N)Cc3ccc(-c4ccc(O)nc4)cc3)C2)c(C)c2c(F)ccc(Cl)c21. The van der Waals surface area contributed by atoms with Crippen molar-refractivity contribution in [1.82, 2.24) is 14.5 Å². The summed E-state index contributed by atoms with van der Waals surface area (Å²) >= 11 is 6.61. The lowest BCUT2D eigenvalue weighted by molar-refractivity contribution is -0.132. The summed E-state index contributed by atoms with van der Waals surface area (Å²) < 4.78 is 22.5. The molecular weight excluding hydrogens is 555 g/mol. The number of fused-ring (bicyclic) bond motifs is 1. The number of hydrogen-bond acceptors (Lipinski definition) is 5. The highest BCUT2D eigenvalue weighted by atomic mass is 35.5. The van der Waals surface area contributed by atoms with Crippen LogP contribution in [0.2, 0.25) is 5.02 Å². The number of carbonyl (C=O) groups excluding carboxylic acids is 1. The Kier molecular flexibility index (Phi) is 9.46. The Labute approximate surface area is 251 Å². The quantitative estimate of drug-likeness (QED) is 0.214. The third-order valence-electron chi connectivity index (χ3n) is 8.26. The van der Waals surface area contributed by atoms with Crippen molar-refractivity contribution in [2.24, 2.45) is 5.73 Å². The van der Waals surface area contributed by atoms with E-state index in [1.807, 2.05) is 42.2 Å². The van der Waals surface area contributed by atoms with Gasteiger partial charge in [0.05, 0.1) is 10.5 Å². The fraction of sp³-hybridized carbons (Fsp3) is 0.394. The monoisotopic (exact) mass is 592 g/mol. The summed E-state index contributed by atoms with van der Waals surface area (Å²) in [5.41, 5.74) is 12.1. The Morgan fingerprint density at radius 2 is 1.95 bits per heavy atom. The number of likely N-dealkylation sites (tertiary alicyclic amines) is 1. The number of halogens is 2. The van der Waals surface area contributed by atoms with Crippen LogP contribution in [0.25, 0.3) is 22.0 Å². The van der Waals surface area contributed by atoms with Gasteiger partial charge in [0, 0.05) is 80.6 Å². The molecule has 0 aliphatic carbocycles. The number of ether oxygens (including phenoxy) is 1. The van der Waals surface area contributed by atoms with Crippen molar-refractivity contribution in [1.29, 1.82) is 0 Å². The Bertz CT molecular complexity index is 1540. The van der Waals surface area contributed by atoms with Crippen LogP contribution in [0.3, 0.4) is 0 Å². The van der Waals surface area contributed by atoms with E-state index in [4.69, 9.17) is 22.1 Å². The minimum Gasteiger partial charge on any atom is -0.493 e. The molecule has 0 saturated carbocycles. The first-order valence-electron chi connectivity index (χ1n) is 14.5. The predicted octanol–water partition coefficient (Wildman–Crippen LogP) is 6.21. The maximum atomic E-state index is 15.0. The predicted molar refractivity (Wildman–Crippen MR) is 164 cm³/mol. The maximum Gasteiger partial charge on any atom is 0.224 e. The first-order chi connectivity index (χ1) is 20.3. The number of aromatic hydroxyl groups is 1. The minimum absolute atomic E-state index is 0.0102. The lowest BCUT2D eigenvalue weighted by Gasteiger charge is -2.34. The van der Waals surface area contributed by atoms with Crippen LogP contribution in [0, 0.1) is 12.7 Å². The second-order valence-electron chi connectivity index (χ2n) is 11.2. The van der Waals surface area contributed by atoms with Crippen molar-refractivity contribution in [3.8, 4) is 17.0 Å². The van der Waals surface area contributed by atoms with Crippen LogP contribution in [0.1, 0.15) is 48.4 Å². The normalized spacial score (nSPS) is 16.2. The molecule has 3 N–H and O–H groups in total. The van der Waals surface area contributed by atoms with Gasteiger partial charge in [-0.2, -0.15) is 0 Å². The van der Waals surface area contributed by atoms with Gasteiger partial charge in [0.1, 0.15) is 5.82 Å². The third kappa shape index (κ3) is 6.46. The number of methoxy groups -OCH3 is 1. The number of nitrogens with two attached hydrogens (primary N) is 1. The van der Waals surface area contributed by atoms with E-state index in [0.29, 0.717) is 43.1 Å². The number of amides is 1. The number of hydrogen-bond donors (Lipinski definition) is 2. The van der Waals surface area contributed by atoms with Gasteiger partial charge >= 0.3 is 0 Å². The zero-order valence-electron chi connectivity index (χ0n) is 24.2. The molecule has 0 bridgehead atoms. The number of carbonyl (C=O) groups is 1. The molecule has 1 fully saturated rings. The molecule has 2 atom stereocenters. The van der Waals surface area contributed by atoms with Crippen molar-refractivity contribution < 1.29 is 19.0 Å². The number of nitrogens with zero attached hydrogens (tertiary/aromatic N) is 3. The molecule has 5 rings (SSSR count). The zero-order chi connectivity index (χ0) is 29.8. The van der Waals surface area contributed by atoms with Crippen LogP contribution in [0.5, 0.6) is 5.88 Å². The number of pyridine rings is 1. The van der Waals surface area contributed by atoms with E-state index in [-0.39, 0.29) is 36.0 Å². The molecule has 4 aromatic rings. The molecule has 3 heterocycles. The van der Waals surface area contributed by atoms with E-state index in [1.54, 1.807) is 25.4 Å². The summed E-state index contributed by atoms with van der Waals surface area (Å²) in [5, 5.41) is 10.5. The average Bonchev–Trinajstić information content (AvgIpc) is 3.29. The van der Waals surface area contributed by atoms with Crippen LogP contribution in [-0.2, 0) is 22.5 Å². The highest BCUT2D eigenvalue weighted by Crippen LogP contribution is 2.39.